The van der Waals surface area contributed by atoms with Gasteiger partial charge in [-0.15, -0.1) is 0 Å². The summed E-state index contributed by atoms with van der Waals surface area (Å²) >= 11 is 0. The van der Waals surface area contributed by atoms with Crippen LogP contribution in [0.5, 0.6) is 5.75 Å². The van der Waals surface area contributed by atoms with E-state index in [9.17, 15) is 18.4 Å². The third kappa shape index (κ3) is 2.88. The molecule has 0 aliphatic rings. The molecule has 0 fully saturated rings. The van der Waals surface area contributed by atoms with Crippen LogP contribution in [-0.4, -0.2) is 11.8 Å². The van der Waals surface area contributed by atoms with E-state index in [0.29, 0.717) is 0 Å². The van der Waals surface area contributed by atoms with E-state index in [0.717, 1.165) is 6.07 Å². The molecule has 0 amide bonds. The van der Waals surface area contributed by atoms with Gasteiger partial charge in [0.25, 0.3) is 0 Å². The highest BCUT2D eigenvalue weighted by Gasteiger charge is 2.16. The topological polar surface area (TPSA) is 43.4 Å². The van der Waals surface area contributed by atoms with E-state index in [1.54, 1.807) is 0 Å². The Kier molecular flexibility index (Phi) is 3.89. The molecule has 2 rings (SSSR count). The van der Waals surface area contributed by atoms with Crippen molar-refractivity contribution in [3.05, 3.63) is 65.2 Å². The lowest BCUT2D eigenvalue weighted by Gasteiger charge is -2.05. The Labute approximate surface area is 113 Å². The van der Waals surface area contributed by atoms with Crippen LogP contribution >= 0.6 is 0 Å². The highest BCUT2D eigenvalue weighted by Crippen LogP contribution is 2.18. The normalized spacial score (nSPS) is 10.2. The van der Waals surface area contributed by atoms with Gasteiger partial charge in [-0.3, -0.25) is 9.59 Å². The van der Waals surface area contributed by atoms with Crippen molar-refractivity contribution in [3.8, 4) is 5.75 Å². The lowest BCUT2D eigenvalue weighted by atomic mass is 10.0. The monoisotopic (exact) mass is 276 g/mol. The van der Waals surface area contributed by atoms with E-state index in [1.165, 1.54) is 43.3 Å². The molecule has 102 valence electrons. The van der Waals surface area contributed by atoms with E-state index < -0.39 is 23.4 Å². The lowest BCUT2D eigenvalue weighted by Crippen LogP contribution is -2.06. The lowest BCUT2D eigenvalue weighted by molar-refractivity contribution is -0.131. The van der Waals surface area contributed by atoms with Crippen molar-refractivity contribution in [2.75, 3.05) is 0 Å². The number of ketones is 1. The number of ether oxygens (including phenoxy) is 1. The number of halogens is 2. The first kappa shape index (κ1) is 13.9. The molecule has 0 saturated heterocycles. The molecule has 2 aromatic rings. The molecule has 5 heteroatoms. The zero-order valence-electron chi connectivity index (χ0n) is 10.5. The zero-order valence-corrected chi connectivity index (χ0v) is 10.5. The minimum Gasteiger partial charge on any atom is -0.427 e. The third-order valence-corrected chi connectivity index (χ3v) is 2.57. The van der Waals surface area contributed by atoms with E-state index >= 15 is 0 Å². The summed E-state index contributed by atoms with van der Waals surface area (Å²) in [4.78, 5) is 22.8. The van der Waals surface area contributed by atoms with Crippen LogP contribution in [0.25, 0.3) is 0 Å². The van der Waals surface area contributed by atoms with Crippen LogP contribution in [0.15, 0.2) is 42.5 Å². The van der Waals surface area contributed by atoms with Crippen molar-refractivity contribution in [3.63, 3.8) is 0 Å². The molecule has 0 aliphatic carbocycles. The molecule has 0 N–H and O–H groups in total. The van der Waals surface area contributed by atoms with Gasteiger partial charge in [-0.05, 0) is 36.4 Å². The fourth-order valence-corrected chi connectivity index (χ4v) is 1.67. The second-order valence-corrected chi connectivity index (χ2v) is 4.05. The molecule has 0 bridgehead atoms. The standard InChI is InChI=1S/C15H10F2O3/c1-9(18)20-11-7-5-10(6-8-11)15(19)12-3-2-4-13(16)14(12)17/h2-8H,1H3. The van der Waals surface area contributed by atoms with Crippen LogP contribution in [0.1, 0.15) is 22.8 Å². The molecular formula is C15H10F2O3. The van der Waals surface area contributed by atoms with Crippen molar-refractivity contribution >= 4 is 11.8 Å². The van der Waals surface area contributed by atoms with Gasteiger partial charge < -0.3 is 4.74 Å². The van der Waals surface area contributed by atoms with Gasteiger partial charge in [0, 0.05) is 12.5 Å². The molecule has 3 nitrogen and oxygen atoms in total. The Bertz CT molecular complexity index is 663. The fraction of sp³-hybridized carbons (Fsp3) is 0.0667. The second-order valence-electron chi connectivity index (χ2n) is 4.05. The number of rotatable bonds is 3. The van der Waals surface area contributed by atoms with Gasteiger partial charge in [-0.2, -0.15) is 0 Å². The van der Waals surface area contributed by atoms with Crippen LogP contribution in [0.4, 0.5) is 8.78 Å². The van der Waals surface area contributed by atoms with Crippen molar-refractivity contribution < 1.29 is 23.1 Å². The molecule has 20 heavy (non-hydrogen) atoms. The summed E-state index contributed by atoms with van der Waals surface area (Å²) in [6.07, 6.45) is 0. The summed E-state index contributed by atoms with van der Waals surface area (Å²) in [5, 5.41) is 0. The maximum Gasteiger partial charge on any atom is 0.308 e. The Morgan fingerprint density at radius 1 is 1.00 bits per heavy atom. The fourth-order valence-electron chi connectivity index (χ4n) is 1.67. The van der Waals surface area contributed by atoms with Gasteiger partial charge in [0.1, 0.15) is 5.75 Å². The van der Waals surface area contributed by atoms with Crippen molar-refractivity contribution in [2.45, 2.75) is 6.92 Å². The van der Waals surface area contributed by atoms with Crippen LogP contribution in [-0.2, 0) is 4.79 Å². The predicted molar refractivity (Wildman–Crippen MR) is 67.5 cm³/mol. The van der Waals surface area contributed by atoms with Crippen molar-refractivity contribution in [1.29, 1.82) is 0 Å². The summed E-state index contributed by atoms with van der Waals surface area (Å²) < 4.78 is 31.4. The number of benzene rings is 2. The van der Waals surface area contributed by atoms with Gasteiger partial charge in [-0.1, -0.05) is 6.07 Å². The third-order valence-electron chi connectivity index (χ3n) is 2.57. The van der Waals surface area contributed by atoms with Crippen molar-refractivity contribution in [2.24, 2.45) is 0 Å². The minimum absolute atomic E-state index is 0.172. The molecule has 0 aliphatic heterocycles. The first-order valence-corrected chi connectivity index (χ1v) is 5.76. The van der Waals surface area contributed by atoms with Crippen LogP contribution in [0.3, 0.4) is 0 Å². The van der Waals surface area contributed by atoms with Crippen LogP contribution in [0.2, 0.25) is 0 Å². The van der Waals surface area contributed by atoms with E-state index in [1.807, 2.05) is 0 Å². The highest BCUT2D eigenvalue weighted by atomic mass is 19.2. The van der Waals surface area contributed by atoms with E-state index in [-0.39, 0.29) is 16.9 Å². The highest BCUT2D eigenvalue weighted by molar-refractivity contribution is 6.09. The molecule has 0 spiro atoms. The molecule has 0 unspecified atom stereocenters. The van der Waals surface area contributed by atoms with Gasteiger partial charge >= 0.3 is 5.97 Å². The predicted octanol–water partition coefficient (Wildman–Crippen LogP) is 3.12. The number of carbonyl (C=O) groups is 2. The average Bonchev–Trinajstić information content (AvgIpc) is 2.41. The van der Waals surface area contributed by atoms with Crippen LogP contribution < -0.4 is 4.74 Å². The summed E-state index contributed by atoms with van der Waals surface area (Å²) in [6, 6.07) is 8.99. The van der Waals surface area contributed by atoms with Gasteiger partial charge in [0.15, 0.2) is 17.4 Å². The Hall–Kier alpha value is -2.56. The number of carbonyl (C=O) groups excluding carboxylic acids is 2. The first-order valence-electron chi connectivity index (χ1n) is 5.76. The summed E-state index contributed by atoms with van der Waals surface area (Å²) in [6.45, 7) is 1.25. The molecule has 2 aromatic carbocycles. The SMILES string of the molecule is CC(=O)Oc1ccc(C(=O)c2cccc(F)c2F)cc1. The van der Waals surface area contributed by atoms with Crippen LogP contribution in [0, 0.1) is 11.6 Å². The summed E-state index contributed by atoms with van der Waals surface area (Å²) in [5.41, 5.74) is -0.171. The molecular weight excluding hydrogens is 266 g/mol. The van der Waals surface area contributed by atoms with Gasteiger partial charge in [0.2, 0.25) is 0 Å². The number of hydrogen-bond acceptors (Lipinski definition) is 3. The van der Waals surface area contributed by atoms with Crippen molar-refractivity contribution in [1.82, 2.24) is 0 Å². The molecule has 0 saturated carbocycles. The smallest absolute Gasteiger partial charge is 0.308 e. The quantitative estimate of drug-likeness (QED) is 0.491. The van der Waals surface area contributed by atoms with Gasteiger partial charge in [0.05, 0.1) is 5.56 Å². The average molecular weight is 276 g/mol. The minimum atomic E-state index is -1.18. The number of esters is 1. The first-order chi connectivity index (χ1) is 9.49. The maximum absolute atomic E-state index is 13.5. The van der Waals surface area contributed by atoms with Gasteiger partial charge in [-0.25, -0.2) is 8.78 Å². The molecule has 0 atom stereocenters. The Morgan fingerprint density at radius 3 is 2.25 bits per heavy atom. The summed E-state index contributed by atoms with van der Waals surface area (Å²) in [7, 11) is 0. The summed E-state index contributed by atoms with van der Waals surface area (Å²) in [5.74, 6) is -3.11. The molecule has 0 heterocycles. The Morgan fingerprint density at radius 2 is 1.65 bits per heavy atom. The Balaban J connectivity index is 2.29. The second kappa shape index (κ2) is 5.61. The number of hydrogen-bond donors (Lipinski definition) is 0. The maximum atomic E-state index is 13.5. The van der Waals surface area contributed by atoms with E-state index in [4.69, 9.17) is 4.74 Å². The van der Waals surface area contributed by atoms with E-state index in [2.05, 4.69) is 0 Å². The largest absolute Gasteiger partial charge is 0.427 e. The molecule has 0 aromatic heterocycles. The molecule has 0 radical (unpaired) electrons. The zero-order chi connectivity index (χ0) is 14.7.